The first-order chi connectivity index (χ1) is 16.8. The largest absolute Gasteiger partial charge is 0.513 e. The maximum atomic E-state index is 12.7. The number of carbonyl (C=O) groups excluding carboxylic acids is 2. The zero-order chi connectivity index (χ0) is 27.8. The minimum absolute atomic E-state index is 0.0780. The van der Waals surface area contributed by atoms with Crippen molar-refractivity contribution < 1.29 is 19.4 Å². The van der Waals surface area contributed by atoms with Crippen molar-refractivity contribution in [2.45, 2.75) is 52.4 Å². The number of thioether (sulfide) groups is 2. The summed E-state index contributed by atoms with van der Waals surface area (Å²) in [5, 5.41) is 13.4. The van der Waals surface area contributed by atoms with Crippen LogP contribution in [0, 0.1) is 0 Å². The van der Waals surface area contributed by atoms with Crippen LogP contribution < -0.4 is 5.32 Å². The number of carbonyl (C=O) groups is 2. The van der Waals surface area contributed by atoms with Crippen LogP contribution in [0.1, 0.15) is 52.4 Å². The number of aliphatic hydroxyl groups excluding tert-OH is 1. The van der Waals surface area contributed by atoms with Gasteiger partial charge in [-0.2, -0.15) is 0 Å². The van der Waals surface area contributed by atoms with E-state index in [9.17, 15) is 14.7 Å². The van der Waals surface area contributed by atoms with Gasteiger partial charge >= 0.3 is 0 Å². The van der Waals surface area contributed by atoms with Crippen LogP contribution in [0.4, 0.5) is 0 Å². The van der Waals surface area contributed by atoms with Gasteiger partial charge in [0.1, 0.15) is 0 Å². The fourth-order valence-corrected chi connectivity index (χ4v) is 4.32. The fourth-order valence-electron chi connectivity index (χ4n) is 2.74. The number of nitrogens with zero attached hydrogens (tertiary/aromatic N) is 1. The number of allylic oxidation sites excluding steroid dienone is 6. The van der Waals surface area contributed by atoms with E-state index in [1.54, 1.807) is 27.0 Å². The van der Waals surface area contributed by atoms with Crippen molar-refractivity contribution in [2.24, 2.45) is 0 Å². The summed E-state index contributed by atoms with van der Waals surface area (Å²) in [4.78, 5) is 27.9. The lowest BCUT2D eigenvalue weighted by Crippen LogP contribution is -2.24. The van der Waals surface area contributed by atoms with Crippen molar-refractivity contribution in [3.8, 4) is 0 Å². The number of rotatable bonds is 18. The van der Waals surface area contributed by atoms with Crippen molar-refractivity contribution in [3.05, 3.63) is 94.2 Å². The standard InChI is InChI=1S/C28H40N2O4S2/c1-11-19(2)16-27(32)29-24(7)35-21(4)14-12-13-15-22(5)36-25(8)30(9)28(33)18-26(17-20(3)31)23(6)34-10/h11,17,31H,1-2,4-5,7-8,12-16,18H2,3,6,9-10H3,(H,29,32)/b20-17+,26-23-. The third-order valence-electron chi connectivity index (χ3n) is 4.88. The van der Waals surface area contributed by atoms with Gasteiger partial charge in [0.15, 0.2) is 0 Å². The van der Waals surface area contributed by atoms with Crippen LogP contribution in [0.2, 0.25) is 0 Å². The van der Waals surface area contributed by atoms with Crippen LogP contribution >= 0.6 is 23.5 Å². The number of unbranched alkanes of at least 4 members (excludes halogenated alkanes) is 1. The molecule has 8 heteroatoms. The van der Waals surface area contributed by atoms with E-state index < -0.39 is 0 Å². The van der Waals surface area contributed by atoms with Gasteiger partial charge in [-0.1, -0.05) is 69.1 Å². The molecule has 0 saturated carbocycles. The summed E-state index contributed by atoms with van der Waals surface area (Å²) in [5.41, 5.74) is 1.26. The molecule has 2 amide bonds. The molecule has 0 fully saturated rings. The summed E-state index contributed by atoms with van der Waals surface area (Å²) in [6.07, 6.45) is 6.69. The lowest BCUT2D eigenvalue weighted by atomic mass is 10.1. The van der Waals surface area contributed by atoms with Crippen LogP contribution in [-0.2, 0) is 14.3 Å². The van der Waals surface area contributed by atoms with E-state index in [0.29, 0.717) is 27.0 Å². The molecule has 0 aromatic carbocycles. The Morgan fingerprint density at radius 2 is 1.56 bits per heavy atom. The lowest BCUT2D eigenvalue weighted by Gasteiger charge is -2.20. The molecule has 0 atom stereocenters. The number of amides is 2. The van der Waals surface area contributed by atoms with Crippen LogP contribution in [0.15, 0.2) is 94.2 Å². The predicted molar refractivity (Wildman–Crippen MR) is 156 cm³/mol. The number of nitrogens with one attached hydrogen (secondary N) is 1. The Balaban J connectivity index is 4.46. The summed E-state index contributed by atoms with van der Waals surface area (Å²) >= 11 is 2.73. The van der Waals surface area contributed by atoms with Crippen molar-refractivity contribution in [2.75, 3.05) is 14.2 Å². The molecular weight excluding hydrogens is 492 g/mol. The fraction of sp³-hybridized carbons (Fsp3) is 0.357. The monoisotopic (exact) mass is 532 g/mol. The average Bonchev–Trinajstić information content (AvgIpc) is 2.79. The predicted octanol–water partition coefficient (Wildman–Crippen LogP) is 7.46. The second-order valence-corrected chi connectivity index (χ2v) is 10.6. The molecule has 0 aliphatic carbocycles. The normalized spacial score (nSPS) is 11.6. The average molecular weight is 533 g/mol. The quantitative estimate of drug-likeness (QED) is 0.108. The van der Waals surface area contributed by atoms with Crippen LogP contribution in [-0.4, -0.2) is 36.0 Å². The molecule has 0 aromatic rings. The Bertz CT molecular complexity index is 957. The number of ether oxygens (including phenoxy) is 1. The highest BCUT2D eigenvalue weighted by Gasteiger charge is 2.16. The van der Waals surface area contributed by atoms with Crippen molar-refractivity contribution in [3.63, 3.8) is 0 Å². The molecule has 0 spiro atoms. The molecule has 0 unspecified atom stereocenters. The van der Waals surface area contributed by atoms with Gasteiger partial charge in [0, 0.05) is 12.6 Å². The van der Waals surface area contributed by atoms with Crippen LogP contribution in [0.3, 0.4) is 0 Å². The molecular formula is C28H40N2O4S2. The second-order valence-electron chi connectivity index (χ2n) is 8.09. The molecule has 0 aromatic heterocycles. The van der Waals surface area contributed by atoms with E-state index in [0.717, 1.165) is 35.5 Å². The molecule has 0 bridgehead atoms. The first kappa shape index (κ1) is 33.2. The third-order valence-corrected chi connectivity index (χ3v) is 6.72. The zero-order valence-electron chi connectivity index (χ0n) is 22.1. The molecule has 0 aliphatic heterocycles. The Morgan fingerprint density at radius 3 is 2.06 bits per heavy atom. The maximum Gasteiger partial charge on any atom is 0.231 e. The SMILES string of the molecule is C=CC(=C)CC(=O)NC(=C)SC(=C)CCCCC(=C)SC(=C)N(C)C(=O)CC(/C=C(\C)O)=C(/C)OC. The Kier molecular flexibility index (Phi) is 16.2. The van der Waals surface area contributed by atoms with Gasteiger partial charge in [-0.05, 0) is 61.0 Å². The third kappa shape index (κ3) is 14.5. The van der Waals surface area contributed by atoms with E-state index in [4.69, 9.17) is 4.74 Å². The molecule has 36 heavy (non-hydrogen) atoms. The lowest BCUT2D eigenvalue weighted by molar-refractivity contribution is -0.127. The summed E-state index contributed by atoms with van der Waals surface area (Å²) in [5.74, 6) is 0.322. The van der Waals surface area contributed by atoms with Gasteiger partial charge in [-0.15, -0.1) is 0 Å². The minimum atomic E-state index is -0.178. The number of methoxy groups -OCH3 is 1. The van der Waals surface area contributed by atoms with Crippen molar-refractivity contribution in [1.29, 1.82) is 0 Å². The van der Waals surface area contributed by atoms with Crippen molar-refractivity contribution >= 4 is 35.3 Å². The highest BCUT2D eigenvalue weighted by Crippen LogP contribution is 2.31. The number of hydrogen-bond acceptors (Lipinski definition) is 6. The Labute approximate surface area is 225 Å². The molecule has 0 heterocycles. The van der Waals surface area contributed by atoms with Gasteiger partial charge in [-0.25, -0.2) is 0 Å². The topological polar surface area (TPSA) is 78.9 Å². The summed E-state index contributed by atoms with van der Waals surface area (Å²) in [6.45, 7) is 26.6. The van der Waals surface area contributed by atoms with E-state index >= 15 is 0 Å². The Hall–Kier alpha value is -2.84. The van der Waals surface area contributed by atoms with Gasteiger partial charge in [0.2, 0.25) is 11.8 Å². The molecule has 0 aliphatic rings. The molecule has 0 saturated heterocycles. The first-order valence-electron chi connectivity index (χ1n) is 11.4. The molecule has 198 valence electrons. The first-order valence-corrected chi connectivity index (χ1v) is 13.0. The zero-order valence-corrected chi connectivity index (χ0v) is 23.7. The Morgan fingerprint density at radius 1 is 1.00 bits per heavy atom. The van der Waals surface area contributed by atoms with Gasteiger partial charge in [0.25, 0.3) is 0 Å². The smallest absolute Gasteiger partial charge is 0.231 e. The molecule has 2 N–H and O–H groups in total. The summed E-state index contributed by atoms with van der Waals surface area (Å²) < 4.78 is 5.22. The summed E-state index contributed by atoms with van der Waals surface area (Å²) in [6, 6.07) is 0. The molecule has 6 nitrogen and oxygen atoms in total. The number of aliphatic hydroxyl groups is 1. The van der Waals surface area contributed by atoms with E-state index in [1.165, 1.54) is 41.6 Å². The van der Waals surface area contributed by atoms with Crippen molar-refractivity contribution in [1.82, 2.24) is 10.2 Å². The molecule has 0 rings (SSSR count). The van der Waals surface area contributed by atoms with Crippen LogP contribution in [0.5, 0.6) is 0 Å². The van der Waals surface area contributed by atoms with Gasteiger partial charge < -0.3 is 20.1 Å². The van der Waals surface area contributed by atoms with Gasteiger partial charge in [-0.3, -0.25) is 9.59 Å². The molecule has 0 radical (unpaired) electrons. The summed E-state index contributed by atoms with van der Waals surface area (Å²) in [7, 11) is 3.19. The maximum absolute atomic E-state index is 12.7. The van der Waals surface area contributed by atoms with E-state index in [1.807, 2.05) is 0 Å². The highest BCUT2D eigenvalue weighted by atomic mass is 32.2. The second kappa shape index (κ2) is 17.6. The highest BCUT2D eigenvalue weighted by molar-refractivity contribution is 8.06. The number of hydrogen-bond donors (Lipinski definition) is 2. The van der Waals surface area contributed by atoms with E-state index in [-0.39, 0.29) is 30.4 Å². The minimum Gasteiger partial charge on any atom is -0.513 e. The van der Waals surface area contributed by atoms with E-state index in [2.05, 4.69) is 44.8 Å². The van der Waals surface area contributed by atoms with Crippen LogP contribution in [0.25, 0.3) is 0 Å². The van der Waals surface area contributed by atoms with Gasteiger partial charge in [0.05, 0.1) is 41.5 Å².